The van der Waals surface area contributed by atoms with Crippen LogP contribution in [0.4, 0.5) is 9.93 Å². The van der Waals surface area contributed by atoms with Crippen molar-refractivity contribution in [3.8, 4) is 22.4 Å². The predicted octanol–water partition coefficient (Wildman–Crippen LogP) is 5.86. The standard InChI is InChI=1S/C21H17N3OS2/c25-20(22-13-18-7-4-12-26-18)24-21-23-19(14-27-21)17-10-8-16(9-11-17)15-5-2-1-3-6-15/h1-12,14H,13H2,(H2,22,23,24,25). The van der Waals surface area contributed by atoms with Crippen molar-refractivity contribution in [1.29, 1.82) is 0 Å². The Hall–Kier alpha value is -2.96. The first-order valence-corrected chi connectivity index (χ1v) is 10.2. The van der Waals surface area contributed by atoms with Crippen molar-refractivity contribution in [2.75, 3.05) is 5.32 Å². The Balaban J connectivity index is 1.39. The predicted molar refractivity (Wildman–Crippen MR) is 113 cm³/mol. The molecular weight excluding hydrogens is 374 g/mol. The van der Waals surface area contributed by atoms with E-state index in [0.29, 0.717) is 11.7 Å². The topological polar surface area (TPSA) is 54.0 Å². The van der Waals surface area contributed by atoms with E-state index in [-0.39, 0.29) is 6.03 Å². The minimum atomic E-state index is -0.247. The van der Waals surface area contributed by atoms with Crippen LogP contribution < -0.4 is 10.6 Å². The molecule has 2 N–H and O–H groups in total. The largest absolute Gasteiger partial charge is 0.333 e. The highest BCUT2D eigenvalue weighted by Crippen LogP contribution is 2.27. The lowest BCUT2D eigenvalue weighted by Gasteiger charge is -2.04. The van der Waals surface area contributed by atoms with Crippen LogP contribution in [0.5, 0.6) is 0 Å². The molecule has 134 valence electrons. The van der Waals surface area contributed by atoms with Gasteiger partial charge in [0.2, 0.25) is 0 Å². The molecule has 0 aliphatic rings. The molecule has 0 unspecified atom stereocenters. The van der Waals surface area contributed by atoms with Gasteiger partial charge in [-0.3, -0.25) is 5.32 Å². The third-order valence-corrected chi connectivity index (χ3v) is 5.65. The number of nitrogens with one attached hydrogen (secondary N) is 2. The summed E-state index contributed by atoms with van der Waals surface area (Å²) < 4.78 is 0. The first-order chi connectivity index (χ1) is 13.3. The maximum atomic E-state index is 12.0. The molecule has 0 saturated carbocycles. The summed E-state index contributed by atoms with van der Waals surface area (Å²) in [6, 6.07) is 22.3. The van der Waals surface area contributed by atoms with Crippen LogP contribution in [-0.4, -0.2) is 11.0 Å². The molecule has 2 amide bonds. The fourth-order valence-corrected chi connectivity index (χ4v) is 4.01. The molecule has 6 heteroatoms. The average Bonchev–Trinajstić information content (AvgIpc) is 3.39. The van der Waals surface area contributed by atoms with Crippen LogP contribution in [0.2, 0.25) is 0 Å². The Labute approximate surface area is 165 Å². The SMILES string of the molecule is O=C(NCc1cccs1)Nc1nc(-c2ccc(-c3ccccc3)cc2)cs1. The third kappa shape index (κ3) is 4.42. The van der Waals surface area contributed by atoms with E-state index < -0.39 is 0 Å². The normalized spacial score (nSPS) is 10.5. The number of rotatable bonds is 5. The van der Waals surface area contributed by atoms with E-state index in [1.165, 1.54) is 22.5 Å². The van der Waals surface area contributed by atoms with Crippen molar-refractivity contribution in [1.82, 2.24) is 10.3 Å². The molecular formula is C21H17N3OS2. The van der Waals surface area contributed by atoms with Gasteiger partial charge in [-0.2, -0.15) is 0 Å². The highest BCUT2D eigenvalue weighted by molar-refractivity contribution is 7.14. The van der Waals surface area contributed by atoms with Crippen LogP contribution in [0.1, 0.15) is 4.88 Å². The van der Waals surface area contributed by atoms with Crippen LogP contribution in [0.25, 0.3) is 22.4 Å². The van der Waals surface area contributed by atoms with Crippen LogP contribution in [0.15, 0.2) is 77.5 Å². The van der Waals surface area contributed by atoms with Gasteiger partial charge in [-0.05, 0) is 22.6 Å². The molecule has 0 fully saturated rings. The lowest BCUT2D eigenvalue weighted by Crippen LogP contribution is -2.27. The zero-order valence-corrected chi connectivity index (χ0v) is 16.0. The molecule has 4 nitrogen and oxygen atoms in total. The number of thiazole rings is 1. The van der Waals surface area contributed by atoms with Gasteiger partial charge >= 0.3 is 6.03 Å². The number of aromatic nitrogens is 1. The van der Waals surface area contributed by atoms with Crippen LogP contribution in [-0.2, 0) is 6.54 Å². The highest BCUT2D eigenvalue weighted by atomic mass is 32.1. The zero-order valence-electron chi connectivity index (χ0n) is 14.4. The second kappa shape index (κ2) is 8.16. The summed E-state index contributed by atoms with van der Waals surface area (Å²) in [7, 11) is 0. The summed E-state index contributed by atoms with van der Waals surface area (Å²) in [5, 5.41) is 10.2. The van der Waals surface area contributed by atoms with Gasteiger partial charge in [0.05, 0.1) is 12.2 Å². The summed E-state index contributed by atoms with van der Waals surface area (Å²) in [5.74, 6) is 0. The van der Waals surface area contributed by atoms with E-state index in [9.17, 15) is 4.79 Å². The smallest absolute Gasteiger partial charge is 0.321 e. The quantitative estimate of drug-likeness (QED) is 0.448. The first kappa shape index (κ1) is 17.5. The molecule has 4 rings (SSSR count). The summed E-state index contributed by atoms with van der Waals surface area (Å²) in [5.41, 5.74) is 4.24. The maximum Gasteiger partial charge on any atom is 0.321 e. The number of benzene rings is 2. The Morgan fingerprint density at radius 2 is 1.59 bits per heavy atom. The fourth-order valence-electron chi connectivity index (χ4n) is 2.65. The average molecular weight is 392 g/mol. The maximum absolute atomic E-state index is 12.0. The number of anilines is 1. The van der Waals surface area contributed by atoms with Gasteiger partial charge in [0.15, 0.2) is 5.13 Å². The molecule has 0 aliphatic carbocycles. The number of amides is 2. The van der Waals surface area contributed by atoms with E-state index in [1.807, 2.05) is 41.1 Å². The number of carbonyl (C=O) groups excluding carboxylic acids is 1. The van der Waals surface area contributed by atoms with Crippen molar-refractivity contribution in [2.45, 2.75) is 6.54 Å². The lowest BCUT2D eigenvalue weighted by molar-refractivity contribution is 0.252. The van der Waals surface area contributed by atoms with E-state index in [4.69, 9.17) is 0 Å². The van der Waals surface area contributed by atoms with Gasteiger partial charge in [-0.1, -0.05) is 60.7 Å². The minimum absolute atomic E-state index is 0.247. The van der Waals surface area contributed by atoms with Crippen molar-refractivity contribution in [3.05, 3.63) is 82.4 Å². The van der Waals surface area contributed by atoms with E-state index >= 15 is 0 Å². The number of hydrogen-bond acceptors (Lipinski definition) is 4. The number of nitrogens with zero attached hydrogens (tertiary/aromatic N) is 1. The molecule has 0 spiro atoms. The van der Waals surface area contributed by atoms with Gasteiger partial charge in [-0.25, -0.2) is 9.78 Å². The van der Waals surface area contributed by atoms with Crippen LogP contribution >= 0.6 is 22.7 Å². The van der Waals surface area contributed by atoms with Crippen LogP contribution in [0, 0.1) is 0 Å². The van der Waals surface area contributed by atoms with E-state index in [1.54, 1.807) is 11.3 Å². The Morgan fingerprint density at radius 3 is 2.33 bits per heavy atom. The van der Waals surface area contributed by atoms with Crippen molar-refractivity contribution >= 4 is 33.8 Å². The molecule has 0 bridgehead atoms. The summed E-state index contributed by atoms with van der Waals surface area (Å²) in [6.07, 6.45) is 0. The number of hydrogen-bond donors (Lipinski definition) is 2. The molecule has 2 heterocycles. The van der Waals surface area contributed by atoms with E-state index in [2.05, 4.69) is 52.0 Å². The molecule has 27 heavy (non-hydrogen) atoms. The molecule has 0 radical (unpaired) electrons. The molecule has 0 aliphatic heterocycles. The van der Waals surface area contributed by atoms with Gasteiger partial charge < -0.3 is 5.32 Å². The Bertz CT molecular complexity index is 1010. The van der Waals surface area contributed by atoms with Gasteiger partial charge in [0.1, 0.15) is 0 Å². The summed E-state index contributed by atoms with van der Waals surface area (Å²) in [6.45, 7) is 0.517. The molecule has 2 aromatic carbocycles. The summed E-state index contributed by atoms with van der Waals surface area (Å²) >= 11 is 3.03. The molecule has 4 aromatic rings. The molecule has 2 aromatic heterocycles. The second-order valence-corrected chi connectivity index (χ2v) is 7.76. The highest BCUT2D eigenvalue weighted by Gasteiger charge is 2.08. The Morgan fingerprint density at radius 1 is 0.852 bits per heavy atom. The van der Waals surface area contributed by atoms with Gasteiger partial charge in [0.25, 0.3) is 0 Å². The number of carbonyl (C=O) groups is 1. The number of thiophene rings is 1. The van der Waals surface area contributed by atoms with Crippen molar-refractivity contribution in [3.63, 3.8) is 0 Å². The second-order valence-electron chi connectivity index (χ2n) is 5.87. The molecule has 0 atom stereocenters. The van der Waals surface area contributed by atoms with E-state index in [0.717, 1.165) is 16.1 Å². The fraction of sp³-hybridized carbons (Fsp3) is 0.0476. The lowest BCUT2D eigenvalue weighted by atomic mass is 10.0. The number of urea groups is 1. The minimum Gasteiger partial charge on any atom is -0.333 e. The van der Waals surface area contributed by atoms with Crippen LogP contribution in [0.3, 0.4) is 0 Å². The van der Waals surface area contributed by atoms with Gasteiger partial charge in [-0.15, -0.1) is 22.7 Å². The molecule has 0 saturated heterocycles. The zero-order chi connectivity index (χ0) is 18.5. The Kier molecular flexibility index (Phi) is 5.27. The van der Waals surface area contributed by atoms with Crippen molar-refractivity contribution < 1.29 is 4.79 Å². The third-order valence-electron chi connectivity index (χ3n) is 4.02. The van der Waals surface area contributed by atoms with Crippen molar-refractivity contribution in [2.24, 2.45) is 0 Å². The van der Waals surface area contributed by atoms with Gasteiger partial charge in [0, 0.05) is 15.8 Å². The monoisotopic (exact) mass is 391 g/mol. The first-order valence-electron chi connectivity index (χ1n) is 8.46. The summed E-state index contributed by atoms with van der Waals surface area (Å²) in [4.78, 5) is 17.6.